The van der Waals surface area contributed by atoms with Crippen molar-refractivity contribution in [3.05, 3.63) is 41.2 Å². The van der Waals surface area contributed by atoms with Gasteiger partial charge in [-0.1, -0.05) is 27.7 Å². The largest absolute Gasteiger partial charge is 0.493 e. The van der Waals surface area contributed by atoms with Crippen molar-refractivity contribution < 1.29 is 28.5 Å². The summed E-state index contributed by atoms with van der Waals surface area (Å²) in [5.41, 5.74) is 3.50. The number of methoxy groups -OCH3 is 3. The number of aromatic nitrogens is 2. The first-order chi connectivity index (χ1) is 18.8. The number of amides is 1. The molecule has 0 fully saturated rings. The Bertz CT molecular complexity index is 1520. The number of carbonyl (C=O) groups is 2. The topological polar surface area (TPSA) is 106 Å². The molecule has 2 N–H and O–H groups in total. The molecule has 1 aliphatic rings. The Morgan fingerprint density at radius 1 is 1.03 bits per heavy atom. The molecule has 0 aliphatic carbocycles. The Morgan fingerprint density at radius 2 is 1.74 bits per heavy atom. The Hall–Kier alpha value is -3.85. The van der Waals surface area contributed by atoms with Gasteiger partial charge in [-0.25, -0.2) is 0 Å². The number of carbonyl (C=O) groups excluding carboxylic acids is 2. The number of hydrogen-bond donors (Lipinski definition) is 2. The Labute approximate surface area is 232 Å². The van der Waals surface area contributed by atoms with E-state index in [-0.39, 0.29) is 18.4 Å². The second-order valence-electron chi connectivity index (χ2n) is 9.32. The van der Waals surface area contributed by atoms with E-state index in [1.165, 1.54) is 14.2 Å². The van der Waals surface area contributed by atoms with E-state index >= 15 is 0 Å². The van der Waals surface area contributed by atoms with E-state index in [0.29, 0.717) is 57.7 Å². The van der Waals surface area contributed by atoms with Gasteiger partial charge in [0, 0.05) is 28.9 Å². The molecule has 1 atom stereocenters. The van der Waals surface area contributed by atoms with Gasteiger partial charge in [0.2, 0.25) is 5.75 Å². The Morgan fingerprint density at radius 3 is 2.36 bits per heavy atom. The highest BCUT2D eigenvalue weighted by molar-refractivity contribution is 6.25. The number of halogens is 1. The molecule has 2 aromatic heterocycles. The molecule has 5 rings (SSSR count). The lowest BCUT2D eigenvalue weighted by Gasteiger charge is -2.18. The quantitative estimate of drug-likeness (QED) is 0.190. The first-order valence-corrected chi connectivity index (χ1v) is 13.3. The van der Waals surface area contributed by atoms with Crippen LogP contribution in [0.3, 0.4) is 0 Å². The molecule has 0 saturated heterocycles. The van der Waals surface area contributed by atoms with Crippen LogP contribution in [0.2, 0.25) is 0 Å². The monoisotopic (exact) mass is 555 g/mol. The molecule has 2 aromatic carbocycles. The summed E-state index contributed by atoms with van der Waals surface area (Å²) in [4.78, 5) is 33.3. The first-order valence-electron chi connectivity index (χ1n) is 12.9. The Kier molecular flexibility index (Phi) is 8.30. The van der Waals surface area contributed by atoms with Gasteiger partial charge in [-0.2, -0.15) is 0 Å². The molecule has 39 heavy (non-hydrogen) atoms. The van der Waals surface area contributed by atoms with Gasteiger partial charge in [-0.05, 0) is 24.1 Å². The zero-order chi connectivity index (χ0) is 28.4. The lowest BCUT2D eigenvalue weighted by atomic mass is 10.1. The van der Waals surface area contributed by atoms with Crippen molar-refractivity contribution in [2.75, 3.05) is 39.4 Å². The van der Waals surface area contributed by atoms with E-state index in [0.717, 1.165) is 22.6 Å². The average molecular weight is 556 g/mol. The zero-order valence-corrected chi connectivity index (χ0v) is 24.0. The fourth-order valence-corrected chi connectivity index (χ4v) is 5.19. The highest BCUT2D eigenvalue weighted by Gasteiger charge is 2.36. The van der Waals surface area contributed by atoms with E-state index in [4.69, 9.17) is 30.5 Å². The van der Waals surface area contributed by atoms with Gasteiger partial charge in [0.1, 0.15) is 11.4 Å². The molecule has 0 saturated carbocycles. The molecule has 3 heterocycles. The van der Waals surface area contributed by atoms with Crippen LogP contribution in [0, 0.1) is 5.92 Å². The minimum absolute atomic E-state index is 0.263. The molecule has 9 nitrogen and oxygen atoms in total. The van der Waals surface area contributed by atoms with Crippen LogP contribution in [0.1, 0.15) is 59.6 Å². The summed E-state index contributed by atoms with van der Waals surface area (Å²) < 4.78 is 22.6. The van der Waals surface area contributed by atoms with Gasteiger partial charge in [0.15, 0.2) is 17.8 Å². The zero-order valence-electron chi connectivity index (χ0n) is 23.2. The molecule has 1 amide bonds. The van der Waals surface area contributed by atoms with Crippen LogP contribution in [-0.4, -0.2) is 56.6 Å². The molecule has 0 radical (unpaired) electrons. The third-order valence-corrected chi connectivity index (χ3v) is 6.82. The first kappa shape index (κ1) is 28.2. The SMILES string of the molecule is CC.COc1cc2cc(C(=O)N3CC(Cl)c4c3cc(OCC(C)C)c3[nH]c(C=O)cc43)[nH]c2c(OC)c1OC. The van der Waals surface area contributed by atoms with Crippen molar-refractivity contribution in [2.45, 2.75) is 33.1 Å². The number of fused-ring (bicyclic) bond motifs is 4. The molecule has 0 spiro atoms. The van der Waals surface area contributed by atoms with Gasteiger partial charge >= 0.3 is 0 Å². The number of H-pyrrole nitrogens is 2. The highest BCUT2D eigenvalue weighted by Crippen LogP contribution is 2.48. The third-order valence-electron chi connectivity index (χ3n) is 6.46. The van der Waals surface area contributed by atoms with Gasteiger partial charge in [-0.15, -0.1) is 11.6 Å². The third kappa shape index (κ3) is 4.87. The predicted octanol–water partition coefficient (Wildman–Crippen LogP) is 6.49. The van der Waals surface area contributed by atoms with Gasteiger partial charge < -0.3 is 33.8 Å². The van der Waals surface area contributed by atoms with Crippen molar-refractivity contribution >= 4 is 51.3 Å². The summed E-state index contributed by atoms with van der Waals surface area (Å²) in [7, 11) is 4.60. The van der Waals surface area contributed by atoms with E-state index in [9.17, 15) is 9.59 Å². The molecule has 1 unspecified atom stereocenters. The summed E-state index contributed by atoms with van der Waals surface area (Å²) in [6.45, 7) is 8.84. The van der Waals surface area contributed by atoms with Crippen molar-refractivity contribution in [3.63, 3.8) is 0 Å². The number of hydrogen-bond acceptors (Lipinski definition) is 6. The smallest absolute Gasteiger partial charge is 0.274 e. The van der Waals surface area contributed by atoms with Crippen molar-refractivity contribution in [3.8, 4) is 23.0 Å². The molecule has 1 aliphatic heterocycles. The van der Waals surface area contributed by atoms with E-state index in [1.54, 1.807) is 30.2 Å². The fraction of sp³-hybridized carbons (Fsp3) is 0.379. The molecule has 10 heteroatoms. The van der Waals surface area contributed by atoms with Crippen molar-refractivity contribution in [1.82, 2.24) is 9.97 Å². The average Bonchev–Trinajstić information content (AvgIpc) is 3.65. The predicted molar refractivity (Wildman–Crippen MR) is 154 cm³/mol. The summed E-state index contributed by atoms with van der Waals surface area (Å²) in [6.07, 6.45) is 0.750. The molecule has 4 aromatic rings. The number of nitrogens with zero attached hydrogens (tertiary/aromatic N) is 1. The second-order valence-corrected chi connectivity index (χ2v) is 9.85. The van der Waals surface area contributed by atoms with Crippen LogP contribution >= 0.6 is 11.6 Å². The number of aromatic amines is 2. The fourth-order valence-electron chi connectivity index (χ4n) is 4.83. The molecular formula is C29H34ClN3O6. The number of aldehydes is 1. The minimum atomic E-state index is -0.463. The lowest BCUT2D eigenvalue weighted by Crippen LogP contribution is -2.29. The second kappa shape index (κ2) is 11.5. The maximum absolute atomic E-state index is 13.8. The van der Waals surface area contributed by atoms with Crippen LogP contribution < -0.4 is 23.8 Å². The summed E-state index contributed by atoms with van der Waals surface area (Å²) in [5.74, 6) is 1.95. The van der Waals surface area contributed by atoms with E-state index < -0.39 is 5.38 Å². The minimum Gasteiger partial charge on any atom is -0.493 e. The molecule has 0 bridgehead atoms. The van der Waals surface area contributed by atoms with Gasteiger partial charge in [0.05, 0.1) is 55.7 Å². The number of benzene rings is 2. The maximum atomic E-state index is 13.8. The maximum Gasteiger partial charge on any atom is 0.274 e. The summed E-state index contributed by atoms with van der Waals surface area (Å²) >= 11 is 6.79. The van der Waals surface area contributed by atoms with E-state index in [2.05, 4.69) is 23.8 Å². The van der Waals surface area contributed by atoms with Gasteiger partial charge in [-0.3, -0.25) is 9.59 Å². The number of rotatable bonds is 8. The standard InChI is InChI=1S/C27H28ClN3O6.C2H6/c1-13(2)12-37-20-9-19-22(16-8-15(11-32)29-24(16)20)17(28)10-31(19)27(33)18-6-14-7-21(34-3)25(35-4)26(36-5)23(14)30-18;1-2/h6-9,11,13,17,29-30H,10,12H2,1-5H3;1-2H3. The van der Waals surface area contributed by atoms with Crippen LogP contribution in [0.15, 0.2) is 24.3 Å². The summed E-state index contributed by atoms with van der Waals surface area (Å²) in [6, 6.07) is 7.10. The lowest BCUT2D eigenvalue weighted by molar-refractivity contribution is 0.0984. The van der Waals surface area contributed by atoms with Crippen molar-refractivity contribution in [1.29, 1.82) is 0 Å². The summed E-state index contributed by atoms with van der Waals surface area (Å²) in [5, 5.41) is 1.04. The molecule has 208 valence electrons. The Balaban J connectivity index is 0.00000172. The number of ether oxygens (including phenoxy) is 4. The van der Waals surface area contributed by atoms with Crippen LogP contribution in [0.4, 0.5) is 5.69 Å². The molecular weight excluding hydrogens is 522 g/mol. The van der Waals surface area contributed by atoms with Crippen molar-refractivity contribution in [2.24, 2.45) is 5.92 Å². The highest BCUT2D eigenvalue weighted by atomic mass is 35.5. The van der Waals surface area contributed by atoms with Gasteiger partial charge in [0.25, 0.3) is 5.91 Å². The number of alkyl halides is 1. The van der Waals surface area contributed by atoms with E-state index in [1.807, 2.05) is 19.9 Å². The van der Waals surface area contributed by atoms with Crippen LogP contribution in [-0.2, 0) is 0 Å². The van der Waals surface area contributed by atoms with Crippen LogP contribution in [0.25, 0.3) is 21.8 Å². The normalized spacial score (nSPS) is 14.3. The number of anilines is 1. The van der Waals surface area contributed by atoms with Crippen LogP contribution in [0.5, 0.6) is 23.0 Å². The number of nitrogens with one attached hydrogen (secondary N) is 2.